The van der Waals surface area contributed by atoms with Gasteiger partial charge in [0.05, 0.1) is 0 Å². The maximum absolute atomic E-state index is 13.1. The van der Waals surface area contributed by atoms with Crippen molar-refractivity contribution < 1.29 is 35.8 Å². The van der Waals surface area contributed by atoms with Crippen LogP contribution in [0.1, 0.15) is 33.1 Å². The van der Waals surface area contributed by atoms with Crippen LogP contribution in [0.3, 0.4) is 0 Å². The number of hydrogen-bond acceptors (Lipinski definition) is 1. The maximum atomic E-state index is 13.1. The molecule has 0 aromatic heterocycles. The van der Waals surface area contributed by atoms with Crippen LogP contribution in [-0.2, 0) is 0 Å². The quantitative estimate of drug-likeness (QED) is 0.754. The van der Waals surface area contributed by atoms with E-state index in [1.165, 1.54) is 6.92 Å². The van der Waals surface area contributed by atoms with Gasteiger partial charge in [0.1, 0.15) is 5.60 Å². The van der Waals surface area contributed by atoms with Crippen molar-refractivity contribution in [1.29, 1.82) is 0 Å². The van der Waals surface area contributed by atoms with Gasteiger partial charge in [-0.05, 0) is 13.3 Å². The molecule has 0 amide bonds. The molecule has 0 heterocycles. The standard InChI is InChI=1S/C9H13F7O/c1-3-4-5-6(2,17)7(10,11)8(12,13)9(14,15)16/h17H,3-5H2,1-2H3. The molecule has 0 fully saturated rings. The van der Waals surface area contributed by atoms with Gasteiger partial charge in [0.25, 0.3) is 0 Å². The van der Waals surface area contributed by atoms with Crippen molar-refractivity contribution in [3.05, 3.63) is 0 Å². The Kier molecular flexibility index (Phi) is 4.48. The first-order chi connectivity index (χ1) is 7.31. The van der Waals surface area contributed by atoms with E-state index < -0.39 is 30.0 Å². The summed E-state index contributed by atoms with van der Waals surface area (Å²) in [6.07, 6.45) is -7.06. The van der Waals surface area contributed by atoms with Crippen LogP contribution in [0.5, 0.6) is 0 Å². The van der Waals surface area contributed by atoms with Crippen molar-refractivity contribution in [3.63, 3.8) is 0 Å². The second-order valence-corrected chi connectivity index (χ2v) is 4.02. The van der Waals surface area contributed by atoms with Gasteiger partial charge in [0.15, 0.2) is 0 Å². The smallest absolute Gasteiger partial charge is 0.384 e. The molecule has 1 unspecified atom stereocenters. The number of hydrogen-bond donors (Lipinski definition) is 1. The molecule has 17 heavy (non-hydrogen) atoms. The molecular formula is C9H13F7O. The minimum atomic E-state index is -6.41. The lowest BCUT2D eigenvalue weighted by Gasteiger charge is -2.38. The van der Waals surface area contributed by atoms with E-state index >= 15 is 0 Å². The Balaban J connectivity index is 5.24. The average molecular weight is 270 g/mol. The van der Waals surface area contributed by atoms with Crippen LogP contribution < -0.4 is 0 Å². The highest BCUT2D eigenvalue weighted by molar-refractivity contribution is 5.02. The molecule has 1 nitrogen and oxygen atoms in total. The third-order valence-corrected chi connectivity index (χ3v) is 2.44. The second kappa shape index (κ2) is 4.62. The highest BCUT2D eigenvalue weighted by atomic mass is 19.4. The summed E-state index contributed by atoms with van der Waals surface area (Å²) in [6, 6.07) is 0. The van der Waals surface area contributed by atoms with Crippen LogP contribution in [-0.4, -0.2) is 28.7 Å². The molecule has 0 aliphatic heterocycles. The van der Waals surface area contributed by atoms with Crippen LogP contribution in [0.25, 0.3) is 0 Å². The van der Waals surface area contributed by atoms with Gasteiger partial charge in [-0.25, -0.2) is 0 Å². The summed E-state index contributed by atoms with van der Waals surface area (Å²) >= 11 is 0. The van der Waals surface area contributed by atoms with Crippen molar-refractivity contribution in [2.75, 3.05) is 0 Å². The van der Waals surface area contributed by atoms with E-state index in [0.717, 1.165) is 0 Å². The first-order valence-electron chi connectivity index (χ1n) is 4.86. The molecule has 104 valence electrons. The lowest BCUT2D eigenvalue weighted by atomic mass is 9.87. The Morgan fingerprint density at radius 2 is 1.29 bits per heavy atom. The van der Waals surface area contributed by atoms with Gasteiger partial charge in [-0.2, -0.15) is 30.7 Å². The Morgan fingerprint density at radius 3 is 1.59 bits per heavy atom. The molecule has 0 aromatic rings. The molecule has 0 rings (SSSR count). The fourth-order valence-corrected chi connectivity index (χ4v) is 1.19. The minimum absolute atomic E-state index is 0.0868. The summed E-state index contributed by atoms with van der Waals surface area (Å²) in [6.45, 7) is 1.80. The van der Waals surface area contributed by atoms with E-state index in [2.05, 4.69) is 0 Å². The SMILES string of the molecule is CCCCC(C)(O)C(F)(F)C(F)(F)C(F)(F)F. The van der Waals surface area contributed by atoms with Gasteiger partial charge in [0, 0.05) is 0 Å². The van der Waals surface area contributed by atoms with E-state index in [-0.39, 0.29) is 19.8 Å². The van der Waals surface area contributed by atoms with Crippen LogP contribution in [0.15, 0.2) is 0 Å². The van der Waals surface area contributed by atoms with Gasteiger partial charge >= 0.3 is 18.0 Å². The summed E-state index contributed by atoms with van der Waals surface area (Å²) in [5, 5.41) is 9.14. The van der Waals surface area contributed by atoms with Crippen molar-refractivity contribution in [3.8, 4) is 0 Å². The van der Waals surface area contributed by atoms with E-state index in [9.17, 15) is 30.7 Å². The summed E-state index contributed by atoms with van der Waals surface area (Å²) in [5.41, 5.74) is -3.41. The molecule has 0 aliphatic carbocycles. The summed E-state index contributed by atoms with van der Waals surface area (Å²) in [7, 11) is 0. The van der Waals surface area contributed by atoms with Gasteiger partial charge < -0.3 is 5.11 Å². The number of rotatable bonds is 5. The molecule has 0 saturated heterocycles. The molecule has 0 radical (unpaired) electrons. The lowest BCUT2D eigenvalue weighted by Crippen LogP contribution is -2.62. The highest BCUT2D eigenvalue weighted by Gasteiger charge is 2.78. The van der Waals surface area contributed by atoms with Crippen LogP contribution in [0.2, 0.25) is 0 Å². The number of halogens is 7. The zero-order chi connectivity index (χ0) is 14.1. The van der Waals surface area contributed by atoms with Crippen molar-refractivity contribution in [2.24, 2.45) is 0 Å². The highest BCUT2D eigenvalue weighted by Crippen LogP contribution is 2.52. The summed E-state index contributed by atoms with van der Waals surface area (Å²) in [5.74, 6) is -11.8. The Hall–Kier alpha value is -0.530. The first kappa shape index (κ1) is 16.5. The Bertz CT molecular complexity index is 257. The third-order valence-electron chi connectivity index (χ3n) is 2.44. The topological polar surface area (TPSA) is 20.2 Å². The molecule has 0 aromatic carbocycles. The molecule has 0 aliphatic rings. The van der Waals surface area contributed by atoms with E-state index in [1.54, 1.807) is 0 Å². The molecule has 0 spiro atoms. The largest absolute Gasteiger partial charge is 0.459 e. The number of alkyl halides is 7. The van der Waals surface area contributed by atoms with Gasteiger partial charge in [-0.15, -0.1) is 0 Å². The normalized spacial score (nSPS) is 18.0. The predicted molar refractivity (Wildman–Crippen MR) is 46.1 cm³/mol. The monoisotopic (exact) mass is 270 g/mol. The Morgan fingerprint density at radius 1 is 0.882 bits per heavy atom. The number of unbranched alkanes of at least 4 members (excludes halogenated alkanes) is 1. The van der Waals surface area contributed by atoms with Crippen molar-refractivity contribution >= 4 is 0 Å². The molecule has 0 bridgehead atoms. The van der Waals surface area contributed by atoms with E-state index in [0.29, 0.717) is 0 Å². The van der Waals surface area contributed by atoms with Gasteiger partial charge in [0.2, 0.25) is 0 Å². The second-order valence-electron chi connectivity index (χ2n) is 4.02. The summed E-state index contributed by atoms with van der Waals surface area (Å²) < 4.78 is 86.9. The fourth-order valence-electron chi connectivity index (χ4n) is 1.19. The van der Waals surface area contributed by atoms with Crippen molar-refractivity contribution in [1.82, 2.24) is 0 Å². The van der Waals surface area contributed by atoms with Gasteiger partial charge in [-0.1, -0.05) is 19.8 Å². The maximum Gasteiger partial charge on any atom is 0.459 e. The molecular weight excluding hydrogens is 257 g/mol. The first-order valence-corrected chi connectivity index (χ1v) is 4.86. The van der Waals surface area contributed by atoms with Gasteiger partial charge in [-0.3, -0.25) is 0 Å². The fraction of sp³-hybridized carbons (Fsp3) is 1.00. The third kappa shape index (κ3) is 2.83. The molecule has 1 N–H and O–H groups in total. The number of aliphatic hydroxyl groups is 1. The Labute approximate surface area is 93.6 Å². The van der Waals surface area contributed by atoms with Crippen LogP contribution in [0, 0.1) is 0 Å². The zero-order valence-corrected chi connectivity index (χ0v) is 9.21. The average Bonchev–Trinajstić information content (AvgIpc) is 2.12. The molecule has 1 atom stereocenters. The van der Waals surface area contributed by atoms with E-state index in [4.69, 9.17) is 5.11 Å². The minimum Gasteiger partial charge on any atom is -0.384 e. The lowest BCUT2D eigenvalue weighted by molar-refractivity contribution is -0.386. The van der Waals surface area contributed by atoms with Crippen LogP contribution >= 0.6 is 0 Å². The zero-order valence-electron chi connectivity index (χ0n) is 9.21. The molecule has 0 saturated carbocycles. The van der Waals surface area contributed by atoms with Crippen LogP contribution in [0.4, 0.5) is 30.7 Å². The van der Waals surface area contributed by atoms with Crippen molar-refractivity contribution in [2.45, 2.75) is 56.7 Å². The predicted octanol–water partition coefficient (Wildman–Crippen LogP) is 3.76. The molecule has 8 heteroatoms. The summed E-state index contributed by atoms with van der Waals surface area (Å²) in [4.78, 5) is 0. The van der Waals surface area contributed by atoms with E-state index in [1.807, 2.05) is 0 Å².